The highest BCUT2D eigenvalue weighted by molar-refractivity contribution is 8.18. The van der Waals surface area contributed by atoms with Gasteiger partial charge in [-0.2, -0.15) is 0 Å². The standard InChI is InChI=1S/C12H18O3S/c1-10(13)11-6-5-7-12(8-11)15-9-16(2,3,4)14/h5-8H,9H2,1-4H3. The minimum absolute atomic E-state index is 0.00686. The van der Waals surface area contributed by atoms with Gasteiger partial charge in [-0.15, -0.1) is 0 Å². The number of hydrogen-bond donors (Lipinski definition) is 0. The molecule has 0 amide bonds. The van der Waals surface area contributed by atoms with Crippen LogP contribution in [0.3, 0.4) is 0 Å². The molecular weight excluding hydrogens is 224 g/mol. The van der Waals surface area contributed by atoms with Crippen LogP contribution in [0.15, 0.2) is 24.3 Å². The van der Waals surface area contributed by atoms with E-state index in [4.69, 9.17) is 4.74 Å². The lowest BCUT2D eigenvalue weighted by atomic mass is 10.1. The van der Waals surface area contributed by atoms with Crippen molar-refractivity contribution in [2.45, 2.75) is 6.92 Å². The molecular formula is C12H18O3S. The molecule has 0 aliphatic carbocycles. The lowest BCUT2D eigenvalue weighted by molar-refractivity contribution is 0.101. The third-order valence-corrected chi connectivity index (χ3v) is 2.79. The summed E-state index contributed by atoms with van der Waals surface area (Å²) in [5.74, 6) is 0.739. The van der Waals surface area contributed by atoms with Crippen LogP contribution < -0.4 is 4.74 Å². The van der Waals surface area contributed by atoms with E-state index in [0.717, 1.165) is 0 Å². The number of Topliss-reactive ketones (excluding diaryl/α,β-unsaturated/α-hetero) is 1. The largest absolute Gasteiger partial charge is 0.482 e. The van der Waals surface area contributed by atoms with E-state index in [1.165, 1.54) is 6.92 Å². The fourth-order valence-corrected chi connectivity index (χ4v) is 1.61. The molecule has 0 fully saturated rings. The third kappa shape index (κ3) is 4.57. The SMILES string of the molecule is CC(=O)c1cccc(OCS(C)(C)(C)=O)c1. The Bertz CT molecular complexity index is 460. The molecule has 0 saturated heterocycles. The van der Waals surface area contributed by atoms with Crippen molar-refractivity contribution in [2.75, 3.05) is 24.7 Å². The molecule has 0 aliphatic rings. The molecule has 0 saturated carbocycles. The predicted molar refractivity (Wildman–Crippen MR) is 67.9 cm³/mol. The van der Waals surface area contributed by atoms with Crippen molar-refractivity contribution in [3.05, 3.63) is 29.8 Å². The molecule has 0 bridgehead atoms. The van der Waals surface area contributed by atoms with Gasteiger partial charge in [-0.1, -0.05) is 21.2 Å². The zero-order valence-electron chi connectivity index (χ0n) is 10.1. The van der Waals surface area contributed by atoms with Crippen LogP contribution in [0.4, 0.5) is 0 Å². The van der Waals surface area contributed by atoms with Crippen LogP contribution in [-0.4, -0.2) is 34.7 Å². The summed E-state index contributed by atoms with van der Waals surface area (Å²) < 4.78 is 17.4. The predicted octanol–water partition coefficient (Wildman–Crippen LogP) is 1.94. The van der Waals surface area contributed by atoms with Gasteiger partial charge >= 0.3 is 0 Å². The average Bonchev–Trinajstić information content (AvgIpc) is 2.13. The van der Waals surface area contributed by atoms with Gasteiger partial charge in [0.05, 0.1) is 0 Å². The molecule has 16 heavy (non-hydrogen) atoms. The van der Waals surface area contributed by atoms with E-state index in [9.17, 15) is 9.00 Å². The number of carbonyl (C=O) groups is 1. The molecule has 1 aromatic carbocycles. The Morgan fingerprint density at radius 1 is 1.31 bits per heavy atom. The highest BCUT2D eigenvalue weighted by Crippen LogP contribution is 2.18. The minimum Gasteiger partial charge on any atom is -0.482 e. The number of hydrogen-bond acceptors (Lipinski definition) is 3. The Morgan fingerprint density at radius 3 is 2.44 bits per heavy atom. The first-order valence-electron chi connectivity index (χ1n) is 4.95. The van der Waals surface area contributed by atoms with Crippen molar-refractivity contribution < 1.29 is 13.7 Å². The first-order chi connectivity index (χ1) is 7.13. The summed E-state index contributed by atoms with van der Waals surface area (Å²) in [7, 11) is -2.67. The van der Waals surface area contributed by atoms with Gasteiger partial charge in [0.2, 0.25) is 0 Å². The highest BCUT2D eigenvalue weighted by atomic mass is 32.3. The fraction of sp³-hybridized carbons (Fsp3) is 0.417. The van der Waals surface area contributed by atoms with Crippen LogP contribution in [0.2, 0.25) is 0 Å². The smallest absolute Gasteiger partial charge is 0.159 e. The van der Waals surface area contributed by atoms with Gasteiger partial charge < -0.3 is 4.74 Å². The van der Waals surface area contributed by atoms with Crippen molar-refractivity contribution >= 4 is 14.8 Å². The molecule has 0 aliphatic heterocycles. The molecule has 0 heterocycles. The third-order valence-electron chi connectivity index (χ3n) is 1.87. The monoisotopic (exact) mass is 242 g/mol. The Hall–Kier alpha value is -1.16. The molecule has 0 N–H and O–H groups in total. The summed E-state index contributed by atoms with van der Waals surface area (Å²) in [6.07, 6.45) is 5.06. The first-order valence-corrected chi connectivity index (χ1v) is 8.31. The molecule has 0 spiro atoms. The highest BCUT2D eigenvalue weighted by Gasteiger charge is 2.18. The second kappa shape index (κ2) is 4.01. The molecule has 3 nitrogen and oxygen atoms in total. The zero-order chi connectivity index (χ0) is 12.4. The Kier molecular flexibility index (Phi) is 3.24. The van der Waals surface area contributed by atoms with E-state index in [2.05, 4.69) is 0 Å². The molecule has 0 atom stereocenters. The van der Waals surface area contributed by atoms with Crippen molar-refractivity contribution in [3.8, 4) is 5.75 Å². The van der Waals surface area contributed by atoms with E-state index >= 15 is 0 Å². The summed E-state index contributed by atoms with van der Waals surface area (Å²) in [6.45, 7) is 1.50. The maximum Gasteiger partial charge on any atom is 0.159 e. The molecule has 0 aromatic heterocycles. The topological polar surface area (TPSA) is 43.4 Å². The lowest BCUT2D eigenvalue weighted by Gasteiger charge is -2.27. The van der Waals surface area contributed by atoms with E-state index in [1.54, 1.807) is 43.0 Å². The van der Waals surface area contributed by atoms with Crippen LogP contribution >= 0.6 is 0 Å². The van der Waals surface area contributed by atoms with Crippen LogP contribution in [0.1, 0.15) is 17.3 Å². The molecule has 0 unspecified atom stereocenters. The Morgan fingerprint density at radius 2 is 1.94 bits per heavy atom. The van der Waals surface area contributed by atoms with E-state index in [0.29, 0.717) is 11.3 Å². The fourth-order valence-electron chi connectivity index (χ4n) is 1.07. The van der Waals surface area contributed by atoms with Crippen LogP contribution in [0.25, 0.3) is 0 Å². The lowest BCUT2D eigenvalue weighted by Crippen LogP contribution is -2.34. The number of ether oxygens (including phenoxy) is 1. The maximum absolute atomic E-state index is 12.0. The van der Waals surface area contributed by atoms with Crippen molar-refractivity contribution in [1.82, 2.24) is 0 Å². The maximum atomic E-state index is 12.0. The second-order valence-corrected chi connectivity index (χ2v) is 10.7. The Balaban J connectivity index is 2.80. The van der Waals surface area contributed by atoms with Gasteiger partial charge in [0.1, 0.15) is 11.7 Å². The molecule has 0 radical (unpaired) electrons. The zero-order valence-corrected chi connectivity index (χ0v) is 11.0. The summed E-state index contributed by atoms with van der Waals surface area (Å²) >= 11 is 0. The number of ketones is 1. The van der Waals surface area contributed by atoms with Gasteiger partial charge in [-0.25, -0.2) is 0 Å². The molecule has 1 rings (SSSR count). The van der Waals surface area contributed by atoms with Crippen molar-refractivity contribution in [1.29, 1.82) is 0 Å². The van der Waals surface area contributed by atoms with Gasteiger partial charge in [0, 0.05) is 5.56 Å². The van der Waals surface area contributed by atoms with Crippen molar-refractivity contribution in [3.63, 3.8) is 0 Å². The average molecular weight is 242 g/mol. The van der Waals surface area contributed by atoms with Gasteiger partial charge in [0.25, 0.3) is 0 Å². The van der Waals surface area contributed by atoms with Gasteiger partial charge in [0.15, 0.2) is 5.78 Å². The molecule has 4 heteroatoms. The summed E-state index contributed by atoms with van der Waals surface area (Å²) in [5.41, 5.74) is 0.601. The quantitative estimate of drug-likeness (QED) is 0.758. The van der Waals surface area contributed by atoms with E-state index in [1.807, 2.05) is 0 Å². The minimum atomic E-state index is -2.67. The summed E-state index contributed by atoms with van der Waals surface area (Å²) in [4.78, 5) is 11.2. The number of carbonyl (C=O) groups excluding carboxylic acids is 1. The Labute approximate surface area is 96.2 Å². The van der Waals surface area contributed by atoms with E-state index < -0.39 is 9.07 Å². The second-order valence-electron chi connectivity index (χ2n) is 5.05. The molecule has 1 aromatic rings. The normalized spacial score (nSPS) is 13.9. The number of rotatable bonds is 4. The van der Waals surface area contributed by atoms with Crippen LogP contribution in [-0.2, 0) is 9.07 Å². The van der Waals surface area contributed by atoms with Crippen LogP contribution in [0, 0.1) is 0 Å². The summed E-state index contributed by atoms with van der Waals surface area (Å²) in [6, 6.07) is 6.91. The van der Waals surface area contributed by atoms with Gasteiger partial charge in [-0.05, 0) is 37.8 Å². The first kappa shape index (κ1) is 12.9. The number of benzene rings is 1. The summed E-state index contributed by atoms with van der Waals surface area (Å²) in [5, 5.41) is 0. The van der Waals surface area contributed by atoms with E-state index in [-0.39, 0.29) is 11.7 Å². The van der Waals surface area contributed by atoms with Gasteiger partial charge in [-0.3, -0.25) is 9.00 Å². The molecule has 90 valence electrons. The van der Waals surface area contributed by atoms with Crippen molar-refractivity contribution in [2.24, 2.45) is 0 Å². The van der Waals surface area contributed by atoms with Crippen LogP contribution in [0.5, 0.6) is 5.75 Å².